The van der Waals surface area contributed by atoms with E-state index in [1.54, 1.807) is 0 Å². The summed E-state index contributed by atoms with van der Waals surface area (Å²) in [6, 6.07) is 0. The highest BCUT2D eigenvalue weighted by molar-refractivity contribution is 5.69. The van der Waals surface area contributed by atoms with E-state index in [2.05, 4.69) is 6.92 Å². The maximum Gasteiger partial charge on any atom is 0.306 e. The Balaban J connectivity index is 2.08. The van der Waals surface area contributed by atoms with Gasteiger partial charge in [0.15, 0.2) is 0 Å². The molecule has 0 saturated heterocycles. The molecule has 1 fully saturated rings. The molecule has 112 valence electrons. The van der Waals surface area contributed by atoms with Crippen LogP contribution < -0.4 is 0 Å². The van der Waals surface area contributed by atoms with Gasteiger partial charge < -0.3 is 5.11 Å². The fourth-order valence-electron chi connectivity index (χ4n) is 3.33. The number of hydrogen-bond donors (Lipinski definition) is 1. The molecule has 1 atom stereocenters. The van der Waals surface area contributed by atoms with Crippen molar-refractivity contribution < 1.29 is 9.90 Å². The average molecular weight is 268 g/mol. The Kier molecular flexibility index (Phi) is 8.94. The van der Waals surface area contributed by atoms with Crippen molar-refractivity contribution in [3.8, 4) is 0 Å². The average Bonchev–Trinajstić information content (AvgIpc) is 2.42. The van der Waals surface area contributed by atoms with Crippen molar-refractivity contribution in [1.29, 1.82) is 0 Å². The molecule has 1 N–H and O–H groups in total. The second-order valence-electron chi connectivity index (χ2n) is 6.32. The van der Waals surface area contributed by atoms with Crippen molar-refractivity contribution in [3.63, 3.8) is 0 Å². The predicted molar refractivity (Wildman–Crippen MR) is 80.3 cm³/mol. The number of carboxylic acids is 1. The van der Waals surface area contributed by atoms with E-state index in [-0.39, 0.29) is 5.92 Å². The summed E-state index contributed by atoms with van der Waals surface area (Å²) in [4.78, 5) is 11.2. The molecule has 19 heavy (non-hydrogen) atoms. The monoisotopic (exact) mass is 268 g/mol. The van der Waals surface area contributed by atoms with Gasteiger partial charge in [0, 0.05) is 0 Å². The van der Waals surface area contributed by atoms with E-state index in [4.69, 9.17) is 0 Å². The van der Waals surface area contributed by atoms with Crippen molar-refractivity contribution in [2.45, 2.75) is 90.4 Å². The van der Waals surface area contributed by atoms with Crippen LogP contribution in [0.2, 0.25) is 0 Å². The molecule has 0 amide bonds. The van der Waals surface area contributed by atoms with Gasteiger partial charge in [0.25, 0.3) is 0 Å². The van der Waals surface area contributed by atoms with Crippen molar-refractivity contribution in [2.75, 3.05) is 0 Å². The van der Waals surface area contributed by atoms with Crippen LogP contribution in [0.15, 0.2) is 0 Å². The van der Waals surface area contributed by atoms with E-state index in [1.165, 1.54) is 57.8 Å². The number of hydrogen-bond acceptors (Lipinski definition) is 1. The first-order chi connectivity index (χ1) is 9.24. The first-order valence-corrected chi connectivity index (χ1v) is 8.46. The van der Waals surface area contributed by atoms with Crippen LogP contribution in [-0.2, 0) is 4.79 Å². The van der Waals surface area contributed by atoms with Gasteiger partial charge in [0.05, 0.1) is 5.92 Å². The molecule has 0 radical (unpaired) electrons. The maximum absolute atomic E-state index is 11.2. The molecule has 1 saturated carbocycles. The first kappa shape index (κ1) is 16.5. The van der Waals surface area contributed by atoms with Gasteiger partial charge in [-0.1, -0.05) is 77.6 Å². The van der Waals surface area contributed by atoms with Crippen LogP contribution >= 0.6 is 0 Å². The Labute approximate surface area is 119 Å². The fourth-order valence-corrected chi connectivity index (χ4v) is 3.33. The smallest absolute Gasteiger partial charge is 0.306 e. The Morgan fingerprint density at radius 3 is 2.26 bits per heavy atom. The highest BCUT2D eigenvalue weighted by atomic mass is 16.4. The second-order valence-corrected chi connectivity index (χ2v) is 6.32. The summed E-state index contributed by atoms with van der Waals surface area (Å²) in [5.74, 6) is 0.281. The number of aliphatic carboxylic acids is 1. The molecule has 0 aromatic heterocycles. The molecule has 1 unspecified atom stereocenters. The summed E-state index contributed by atoms with van der Waals surface area (Å²) in [6.07, 6.45) is 16.0. The first-order valence-electron chi connectivity index (χ1n) is 8.46. The minimum absolute atomic E-state index is 0.0853. The predicted octanol–water partition coefficient (Wildman–Crippen LogP) is 5.41. The zero-order valence-corrected chi connectivity index (χ0v) is 12.7. The molecule has 0 aromatic rings. The Hall–Kier alpha value is -0.530. The quantitative estimate of drug-likeness (QED) is 0.538. The molecule has 0 aromatic carbocycles. The van der Waals surface area contributed by atoms with Crippen molar-refractivity contribution in [3.05, 3.63) is 0 Å². The van der Waals surface area contributed by atoms with Gasteiger partial charge in [-0.15, -0.1) is 0 Å². The zero-order chi connectivity index (χ0) is 13.9. The summed E-state index contributed by atoms with van der Waals surface area (Å²) in [7, 11) is 0. The Morgan fingerprint density at radius 1 is 1.05 bits per heavy atom. The summed E-state index contributed by atoms with van der Waals surface area (Å²) in [6.45, 7) is 2.17. The minimum Gasteiger partial charge on any atom is -0.481 e. The van der Waals surface area contributed by atoms with Gasteiger partial charge in [-0.25, -0.2) is 0 Å². The normalized spacial score (nSPS) is 18.4. The van der Waals surface area contributed by atoms with Crippen LogP contribution in [0.3, 0.4) is 0 Å². The van der Waals surface area contributed by atoms with Gasteiger partial charge in [0.2, 0.25) is 0 Å². The van der Waals surface area contributed by atoms with E-state index < -0.39 is 5.97 Å². The third-order valence-corrected chi connectivity index (χ3v) is 4.65. The molecule has 0 spiro atoms. The van der Waals surface area contributed by atoms with E-state index >= 15 is 0 Å². The molecular weight excluding hydrogens is 236 g/mol. The van der Waals surface area contributed by atoms with Gasteiger partial charge in [-0.05, 0) is 18.8 Å². The van der Waals surface area contributed by atoms with E-state index in [9.17, 15) is 9.90 Å². The molecule has 1 rings (SSSR count). The van der Waals surface area contributed by atoms with Gasteiger partial charge in [-0.2, -0.15) is 0 Å². The van der Waals surface area contributed by atoms with Crippen LogP contribution in [0.1, 0.15) is 90.4 Å². The SMILES string of the molecule is CCCCCC(CCCCC1CCCCC1)C(=O)O. The van der Waals surface area contributed by atoms with Crippen molar-refractivity contribution in [2.24, 2.45) is 11.8 Å². The molecule has 0 aliphatic heterocycles. The molecule has 2 heteroatoms. The Morgan fingerprint density at radius 2 is 1.68 bits per heavy atom. The van der Waals surface area contributed by atoms with Crippen LogP contribution in [-0.4, -0.2) is 11.1 Å². The Bertz CT molecular complexity index is 231. The fraction of sp³-hybridized carbons (Fsp3) is 0.941. The largest absolute Gasteiger partial charge is 0.481 e. The molecule has 2 nitrogen and oxygen atoms in total. The zero-order valence-electron chi connectivity index (χ0n) is 12.7. The second kappa shape index (κ2) is 10.3. The van der Waals surface area contributed by atoms with E-state index in [0.717, 1.165) is 31.6 Å². The molecule has 1 aliphatic carbocycles. The van der Waals surface area contributed by atoms with Crippen LogP contribution in [0.4, 0.5) is 0 Å². The third-order valence-electron chi connectivity index (χ3n) is 4.65. The molecule has 1 aliphatic rings. The number of carboxylic acid groups (broad SMARTS) is 1. The lowest BCUT2D eigenvalue weighted by Gasteiger charge is -2.21. The number of rotatable bonds is 10. The van der Waals surface area contributed by atoms with Crippen molar-refractivity contribution in [1.82, 2.24) is 0 Å². The lowest BCUT2D eigenvalue weighted by Crippen LogP contribution is -2.14. The number of carbonyl (C=O) groups is 1. The molecule has 0 bridgehead atoms. The molecular formula is C17H32O2. The van der Waals surface area contributed by atoms with E-state index in [1.807, 2.05) is 0 Å². The standard InChI is InChI=1S/C17H32O2/c1-2-3-5-13-16(17(18)19)14-9-8-12-15-10-6-4-7-11-15/h15-16H,2-14H2,1H3,(H,18,19). The maximum atomic E-state index is 11.2. The van der Waals surface area contributed by atoms with Gasteiger partial charge >= 0.3 is 5.97 Å². The van der Waals surface area contributed by atoms with Crippen LogP contribution in [0, 0.1) is 11.8 Å². The minimum atomic E-state index is -0.575. The van der Waals surface area contributed by atoms with Crippen molar-refractivity contribution >= 4 is 5.97 Å². The van der Waals surface area contributed by atoms with Crippen LogP contribution in [0.5, 0.6) is 0 Å². The molecule has 0 heterocycles. The summed E-state index contributed by atoms with van der Waals surface area (Å²) in [5.41, 5.74) is 0. The highest BCUT2D eigenvalue weighted by Gasteiger charge is 2.17. The summed E-state index contributed by atoms with van der Waals surface area (Å²) >= 11 is 0. The highest BCUT2D eigenvalue weighted by Crippen LogP contribution is 2.28. The van der Waals surface area contributed by atoms with Gasteiger partial charge in [-0.3, -0.25) is 4.79 Å². The van der Waals surface area contributed by atoms with E-state index in [0.29, 0.717) is 0 Å². The van der Waals surface area contributed by atoms with Crippen LogP contribution in [0.25, 0.3) is 0 Å². The summed E-state index contributed by atoms with van der Waals surface area (Å²) in [5, 5.41) is 9.22. The topological polar surface area (TPSA) is 37.3 Å². The third kappa shape index (κ3) is 7.59. The lowest BCUT2D eigenvalue weighted by molar-refractivity contribution is -0.142. The summed E-state index contributed by atoms with van der Waals surface area (Å²) < 4.78 is 0. The van der Waals surface area contributed by atoms with Gasteiger partial charge in [0.1, 0.15) is 0 Å². The number of unbranched alkanes of at least 4 members (excludes halogenated alkanes) is 3. The lowest BCUT2D eigenvalue weighted by atomic mass is 9.85.